The first-order valence-corrected chi connectivity index (χ1v) is 12.3. The summed E-state index contributed by atoms with van der Waals surface area (Å²) in [5, 5.41) is 30.3. The minimum absolute atomic E-state index is 0.148. The molecule has 0 saturated carbocycles. The number of carboxylic acids is 2. The summed E-state index contributed by atoms with van der Waals surface area (Å²) in [4.78, 5) is 29.8. The van der Waals surface area contributed by atoms with E-state index in [-0.39, 0.29) is 22.2 Å². The van der Waals surface area contributed by atoms with Crippen LogP contribution in [0.15, 0.2) is 66.7 Å². The van der Waals surface area contributed by atoms with Crippen molar-refractivity contribution in [3.05, 3.63) is 82.9 Å². The molecule has 4 aromatic rings. The molecule has 0 radical (unpaired) electrons. The molecule has 1 heterocycles. The maximum atomic E-state index is 12.0. The summed E-state index contributed by atoms with van der Waals surface area (Å²) in [5.41, 5.74) is 2.36. The molecule has 0 aliphatic carbocycles. The Kier molecular flexibility index (Phi) is 9.22. The van der Waals surface area contributed by atoms with Crippen molar-refractivity contribution in [2.45, 2.75) is 20.8 Å². The zero-order chi connectivity index (χ0) is 27.1. The van der Waals surface area contributed by atoms with Crippen LogP contribution in [0.5, 0.6) is 5.75 Å². The largest absolute Gasteiger partial charge is 0.505 e. The van der Waals surface area contributed by atoms with Crippen molar-refractivity contribution in [2.75, 3.05) is 19.6 Å². The number of aromatic hydroxyl groups is 1. The number of nitrogens with zero attached hydrogens (tertiary/aromatic N) is 2. The maximum Gasteiger partial charge on any atom is 0.340 e. The summed E-state index contributed by atoms with van der Waals surface area (Å²) >= 11 is 5.91. The standard InChI is InChI=1S/C23H14ClNO5.C6H15N/c24-16-8-5-13(6-9-16)20-21(26)19(23(29)30)17-11-15(7-10-18(17)25-20)12-1-3-14(4-2-12)22(27)28;1-4-7(5-2)6-3/h1-11,26H,(H,27,28)(H,29,30);4-6H2,1-3H3. The van der Waals surface area contributed by atoms with E-state index in [9.17, 15) is 19.8 Å². The SMILES string of the molecule is CCN(CC)CC.O=C(O)c1ccc(-c2ccc3nc(-c4ccc(Cl)cc4)c(O)c(C(=O)O)c3c2)cc1. The molecular formula is C29H29ClN2O5. The van der Waals surface area contributed by atoms with E-state index in [1.807, 2.05) is 0 Å². The molecule has 0 atom stereocenters. The molecule has 0 saturated heterocycles. The van der Waals surface area contributed by atoms with Gasteiger partial charge in [-0.2, -0.15) is 0 Å². The molecule has 0 aliphatic heterocycles. The van der Waals surface area contributed by atoms with Crippen LogP contribution < -0.4 is 0 Å². The molecule has 0 spiro atoms. The van der Waals surface area contributed by atoms with Gasteiger partial charge in [-0.3, -0.25) is 0 Å². The molecule has 0 aliphatic rings. The fraction of sp³-hybridized carbons (Fsp3) is 0.207. The fourth-order valence-corrected chi connectivity index (χ4v) is 4.06. The van der Waals surface area contributed by atoms with Gasteiger partial charge in [-0.05, 0) is 67.2 Å². The summed E-state index contributed by atoms with van der Waals surface area (Å²) in [7, 11) is 0. The first kappa shape index (κ1) is 27.6. The summed E-state index contributed by atoms with van der Waals surface area (Å²) < 4.78 is 0. The van der Waals surface area contributed by atoms with E-state index in [0.29, 0.717) is 27.2 Å². The van der Waals surface area contributed by atoms with Gasteiger partial charge in [-0.1, -0.05) is 62.7 Å². The van der Waals surface area contributed by atoms with Crippen LogP contribution in [0.4, 0.5) is 0 Å². The summed E-state index contributed by atoms with van der Waals surface area (Å²) in [6.45, 7) is 10.1. The number of rotatable bonds is 7. The average Bonchev–Trinajstić information content (AvgIpc) is 2.90. The quantitative estimate of drug-likeness (QED) is 0.249. The van der Waals surface area contributed by atoms with Gasteiger partial charge in [0.25, 0.3) is 0 Å². The lowest BCUT2D eigenvalue weighted by Crippen LogP contribution is -2.21. The first-order chi connectivity index (χ1) is 17.7. The Labute approximate surface area is 220 Å². The fourth-order valence-electron chi connectivity index (χ4n) is 3.93. The van der Waals surface area contributed by atoms with Crippen LogP contribution in [-0.4, -0.2) is 56.8 Å². The summed E-state index contributed by atoms with van der Waals surface area (Å²) in [6, 6.07) is 17.8. The zero-order valence-corrected chi connectivity index (χ0v) is 21.7. The van der Waals surface area contributed by atoms with E-state index in [0.717, 1.165) is 0 Å². The number of halogens is 1. The summed E-state index contributed by atoms with van der Waals surface area (Å²) in [6.07, 6.45) is 0. The van der Waals surface area contributed by atoms with E-state index < -0.39 is 17.7 Å². The molecule has 3 N–H and O–H groups in total. The van der Waals surface area contributed by atoms with Gasteiger partial charge >= 0.3 is 11.9 Å². The highest BCUT2D eigenvalue weighted by molar-refractivity contribution is 6.30. The van der Waals surface area contributed by atoms with Gasteiger partial charge in [0, 0.05) is 16.0 Å². The molecule has 4 rings (SSSR count). The van der Waals surface area contributed by atoms with Crippen molar-refractivity contribution in [3.63, 3.8) is 0 Å². The van der Waals surface area contributed by atoms with Crippen molar-refractivity contribution < 1.29 is 24.9 Å². The monoisotopic (exact) mass is 520 g/mol. The van der Waals surface area contributed by atoms with Crippen LogP contribution in [-0.2, 0) is 0 Å². The zero-order valence-electron chi connectivity index (χ0n) is 20.9. The van der Waals surface area contributed by atoms with Crippen molar-refractivity contribution in [1.82, 2.24) is 9.88 Å². The second-order valence-corrected chi connectivity index (χ2v) is 8.67. The molecule has 3 aromatic carbocycles. The Balaban J connectivity index is 0.000000479. The molecule has 0 bridgehead atoms. The van der Waals surface area contributed by atoms with Gasteiger partial charge in [-0.25, -0.2) is 14.6 Å². The third-order valence-electron chi connectivity index (χ3n) is 6.10. The minimum Gasteiger partial charge on any atom is -0.505 e. The van der Waals surface area contributed by atoms with Crippen LogP contribution in [0.2, 0.25) is 5.02 Å². The van der Waals surface area contributed by atoms with Crippen LogP contribution in [0.25, 0.3) is 33.3 Å². The average molecular weight is 521 g/mol. The lowest BCUT2D eigenvalue weighted by atomic mass is 9.97. The van der Waals surface area contributed by atoms with Crippen LogP contribution in [0.1, 0.15) is 41.5 Å². The second-order valence-electron chi connectivity index (χ2n) is 8.23. The number of pyridine rings is 1. The molecular weight excluding hydrogens is 492 g/mol. The number of hydrogen-bond donors (Lipinski definition) is 3. The Morgan fingerprint density at radius 1 is 0.784 bits per heavy atom. The lowest BCUT2D eigenvalue weighted by molar-refractivity contribution is 0.0685. The van der Waals surface area contributed by atoms with E-state index in [1.165, 1.54) is 31.8 Å². The van der Waals surface area contributed by atoms with Gasteiger partial charge in [0.05, 0.1) is 11.1 Å². The number of carbonyl (C=O) groups is 2. The molecule has 7 nitrogen and oxygen atoms in total. The van der Waals surface area contributed by atoms with Gasteiger partial charge < -0.3 is 20.2 Å². The highest BCUT2D eigenvalue weighted by Crippen LogP contribution is 2.37. The first-order valence-electron chi connectivity index (χ1n) is 11.9. The van der Waals surface area contributed by atoms with Gasteiger partial charge in [0.2, 0.25) is 0 Å². The van der Waals surface area contributed by atoms with Crippen molar-refractivity contribution in [1.29, 1.82) is 0 Å². The number of benzene rings is 3. The lowest BCUT2D eigenvalue weighted by Gasteiger charge is -2.13. The van der Waals surface area contributed by atoms with Crippen molar-refractivity contribution in [3.8, 4) is 28.1 Å². The maximum absolute atomic E-state index is 12.0. The van der Waals surface area contributed by atoms with Gasteiger partial charge in [0.15, 0.2) is 5.75 Å². The Bertz CT molecular complexity index is 1390. The number of carboxylic acid groups (broad SMARTS) is 2. The Hall–Kier alpha value is -3.94. The van der Waals surface area contributed by atoms with E-state index >= 15 is 0 Å². The predicted molar refractivity (Wildman–Crippen MR) is 147 cm³/mol. The topological polar surface area (TPSA) is 111 Å². The molecule has 192 valence electrons. The van der Waals surface area contributed by atoms with Crippen LogP contribution in [0.3, 0.4) is 0 Å². The molecule has 1 aromatic heterocycles. The van der Waals surface area contributed by atoms with Gasteiger partial charge in [0.1, 0.15) is 11.3 Å². The number of aromatic carboxylic acids is 2. The highest BCUT2D eigenvalue weighted by Gasteiger charge is 2.21. The van der Waals surface area contributed by atoms with Crippen molar-refractivity contribution in [2.24, 2.45) is 0 Å². The summed E-state index contributed by atoms with van der Waals surface area (Å²) in [5.74, 6) is -2.75. The highest BCUT2D eigenvalue weighted by atomic mass is 35.5. The predicted octanol–water partition coefficient (Wildman–Crippen LogP) is 6.67. The molecule has 0 amide bonds. The van der Waals surface area contributed by atoms with E-state index in [1.54, 1.807) is 54.6 Å². The number of hydrogen-bond acceptors (Lipinski definition) is 5. The second kappa shape index (κ2) is 12.3. The number of aromatic nitrogens is 1. The van der Waals surface area contributed by atoms with Crippen LogP contribution >= 0.6 is 11.6 Å². The van der Waals surface area contributed by atoms with Gasteiger partial charge in [-0.15, -0.1) is 0 Å². The molecule has 8 heteroatoms. The van der Waals surface area contributed by atoms with E-state index in [4.69, 9.17) is 16.7 Å². The molecule has 0 unspecified atom stereocenters. The normalized spacial score (nSPS) is 10.7. The smallest absolute Gasteiger partial charge is 0.340 e. The minimum atomic E-state index is -1.28. The Morgan fingerprint density at radius 3 is 1.81 bits per heavy atom. The van der Waals surface area contributed by atoms with E-state index in [2.05, 4.69) is 30.7 Å². The number of fused-ring (bicyclic) bond motifs is 1. The molecule has 0 fully saturated rings. The van der Waals surface area contributed by atoms with Crippen LogP contribution in [0, 0.1) is 0 Å². The Morgan fingerprint density at radius 2 is 1.32 bits per heavy atom. The van der Waals surface area contributed by atoms with Crippen molar-refractivity contribution >= 4 is 34.4 Å². The third-order valence-corrected chi connectivity index (χ3v) is 6.35. The third kappa shape index (κ3) is 6.44. The molecule has 37 heavy (non-hydrogen) atoms.